The number of rotatable bonds is 6. The van der Waals surface area contributed by atoms with E-state index in [9.17, 15) is 15.2 Å². The lowest BCUT2D eigenvalue weighted by molar-refractivity contribution is -0.385. The van der Waals surface area contributed by atoms with Crippen molar-refractivity contribution in [1.29, 1.82) is 5.26 Å². The number of aromatic nitrogens is 1. The van der Waals surface area contributed by atoms with Crippen molar-refractivity contribution < 1.29 is 10.0 Å². The molecule has 0 saturated heterocycles. The van der Waals surface area contributed by atoms with Crippen molar-refractivity contribution in [3.63, 3.8) is 0 Å². The lowest BCUT2D eigenvalue weighted by Gasteiger charge is -2.25. The smallest absolute Gasteiger partial charge is 0.305 e. The SMILES string of the molecule is CCC(O)(CC)CNc1ccc([N+](=O)[O-])c(C#N)n1. The van der Waals surface area contributed by atoms with Gasteiger partial charge in [-0.05, 0) is 18.9 Å². The summed E-state index contributed by atoms with van der Waals surface area (Å²) in [5.74, 6) is 0.336. The van der Waals surface area contributed by atoms with E-state index in [0.717, 1.165) is 0 Å². The average molecular weight is 264 g/mol. The molecule has 7 heteroatoms. The standard InChI is InChI=1S/C12H16N4O3/c1-3-12(17,4-2)8-14-11-6-5-10(16(18)19)9(7-13)15-11/h5-6,17H,3-4,8H2,1-2H3,(H,14,15). The summed E-state index contributed by atoms with van der Waals surface area (Å²) >= 11 is 0. The lowest BCUT2D eigenvalue weighted by atomic mass is 9.98. The Balaban J connectivity index is 2.87. The summed E-state index contributed by atoms with van der Waals surface area (Å²) in [7, 11) is 0. The molecule has 0 amide bonds. The normalized spacial score (nSPS) is 10.8. The highest BCUT2D eigenvalue weighted by atomic mass is 16.6. The van der Waals surface area contributed by atoms with Crippen molar-refractivity contribution in [2.45, 2.75) is 32.3 Å². The van der Waals surface area contributed by atoms with Crippen LogP contribution in [-0.2, 0) is 0 Å². The molecule has 0 fully saturated rings. The van der Waals surface area contributed by atoms with Crippen LogP contribution < -0.4 is 5.32 Å². The second-order valence-electron chi connectivity index (χ2n) is 4.22. The molecule has 1 aromatic heterocycles. The maximum Gasteiger partial charge on any atom is 0.305 e. The number of nitrogens with zero attached hydrogens (tertiary/aromatic N) is 3. The fourth-order valence-electron chi connectivity index (χ4n) is 1.53. The molecule has 102 valence electrons. The van der Waals surface area contributed by atoms with Gasteiger partial charge in [0.05, 0.1) is 10.5 Å². The quantitative estimate of drug-likeness (QED) is 0.598. The van der Waals surface area contributed by atoms with E-state index >= 15 is 0 Å². The van der Waals surface area contributed by atoms with Gasteiger partial charge in [-0.2, -0.15) is 5.26 Å². The summed E-state index contributed by atoms with van der Waals surface area (Å²) in [6.45, 7) is 4.01. The molecule has 0 bridgehead atoms. The van der Waals surface area contributed by atoms with Crippen LogP contribution >= 0.6 is 0 Å². The molecule has 2 N–H and O–H groups in total. The number of nitrogens with one attached hydrogen (secondary N) is 1. The Morgan fingerprint density at radius 1 is 1.53 bits per heavy atom. The number of aliphatic hydroxyl groups is 1. The van der Waals surface area contributed by atoms with Crippen LogP contribution in [0, 0.1) is 21.4 Å². The molecular formula is C12H16N4O3. The minimum atomic E-state index is -0.851. The molecule has 0 saturated carbocycles. The predicted octanol–water partition coefficient (Wildman–Crippen LogP) is 1.82. The summed E-state index contributed by atoms with van der Waals surface area (Å²) in [5.41, 5.74) is -1.42. The summed E-state index contributed by atoms with van der Waals surface area (Å²) in [6, 6.07) is 4.34. The minimum Gasteiger partial charge on any atom is -0.388 e. The summed E-state index contributed by atoms with van der Waals surface area (Å²) < 4.78 is 0. The molecule has 0 unspecified atom stereocenters. The van der Waals surface area contributed by atoms with Crippen molar-refractivity contribution in [2.75, 3.05) is 11.9 Å². The van der Waals surface area contributed by atoms with Crippen LogP contribution in [0.4, 0.5) is 11.5 Å². The van der Waals surface area contributed by atoms with Crippen LogP contribution in [0.3, 0.4) is 0 Å². The van der Waals surface area contributed by atoms with Crippen molar-refractivity contribution in [2.24, 2.45) is 0 Å². The molecular weight excluding hydrogens is 248 g/mol. The van der Waals surface area contributed by atoms with Gasteiger partial charge in [0.2, 0.25) is 5.69 Å². The Morgan fingerprint density at radius 3 is 2.63 bits per heavy atom. The third-order valence-corrected chi connectivity index (χ3v) is 3.09. The molecule has 0 aromatic carbocycles. The van der Waals surface area contributed by atoms with Crippen LogP contribution in [0.2, 0.25) is 0 Å². The van der Waals surface area contributed by atoms with Gasteiger partial charge in [0, 0.05) is 12.6 Å². The summed E-state index contributed by atoms with van der Waals surface area (Å²) in [6.07, 6.45) is 1.16. The zero-order valence-corrected chi connectivity index (χ0v) is 10.9. The molecule has 1 rings (SSSR count). The molecule has 0 aliphatic heterocycles. The summed E-state index contributed by atoms with van der Waals surface area (Å²) in [5, 5.41) is 32.5. The fourth-order valence-corrected chi connectivity index (χ4v) is 1.53. The van der Waals surface area contributed by atoms with E-state index in [1.165, 1.54) is 12.1 Å². The Labute approximate surface area is 111 Å². The van der Waals surface area contributed by atoms with E-state index in [-0.39, 0.29) is 17.9 Å². The molecule has 0 aliphatic carbocycles. The zero-order chi connectivity index (χ0) is 14.5. The molecule has 0 radical (unpaired) electrons. The van der Waals surface area contributed by atoms with Crippen LogP contribution in [0.25, 0.3) is 0 Å². The Morgan fingerprint density at radius 2 is 2.16 bits per heavy atom. The van der Waals surface area contributed by atoms with Crippen molar-refractivity contribution in [3.05, 3.63) is 27.9 Å². The molecule has 7 nitrogen and oxygen atoms in total. The molecule has 0 aliphatic rings. The maximum absolute atomic E-state index is 10.7. The maximum atomic E-state index is 10.7. The van der Waals surface area contributed by atoms with E-state index in [1.807, 2.05) is 13.8 Å². The lowest BCUT2D eigenvalue weighted by Crippen LogP contribution is -2.35. The topological polar surface area (TPSA) is 112 Å². The van der Waals surface area contributed by atoms with Gasteiger partial charge in [-0.25, -0.2) is 4.98 Å². The Hall–Kier alpha value is -2.20. The first-order valence-corrected chi connectivity index (χ1v) is 5.97. The van der Waals surface area contributed by atoms with Gasteiger partial charge in [-0.15, -0.1) is 0 Å². The van der Waals surface area contributed by atoms with Gasteiger partial charge in [0.15, 0.2) is 0 Å². The van der Waals surface area contributed by atoms with Gasteiger partial charge < -0.3 is 10.4 Å². The Kier molecular flexibility index (Phi) is 4.78. The number of hydrogen-bond donors (Lipinski definition) is 2. The van der Waals surface area contributed by atoms with Crippen LogP contribution in [0.15, 0.2) is 12.1 Å². The van der Waals surface area contributed by atoms with Gasteiger partial charge in [-0.3, -0.25) is 10.1 Å². The zero-order valence-electron chi connectivity index (χ0n) is 10.9. The Bertz CT molecular complexity index is 506. The van der Waals surface area contributed by atoms with Gasteiger partial charge in [-0.1, -0.05) is 13.8 Å². The average Bonchev–Trinajstić information content (AvgIpc) is 2.44. The van der Waals surface area contributed by atoms with Crippen LogP contribution in [0.1, 0.15) is 32.4 Å². The first-order chi connectivity index (χ1) is 8.95. The number of nitro groups is 1. The third-order valence-electron chi connectivity index (χ3n) is 3.09. The number of hydrogen-bond acceptors (Lipinski definition) is 6. The van der Waals surface area contributed by atoms with Gasteiger partial charge in [0.25, 0.3) is 0 Å². The van der Waals surface area contributed by atoms with Crippen molar-refractivity contribution in [1.82, 2.24) is 4.98 Å². The van der Waals surface area contributed by atoms with Gasteiger partial charge >= 0.3 is 5.69 Å². The van der Waals surface area contributed by atoms with Crippen LogP contribution in [0.5, 0.6) is 0 Å². The number of pyridine rings is 1. The third kappa shape index (κ3) is 3.63. The largest absolute Gasteiger partial charge is 0.388 e. The highest BCUT2D eigenvalue weighted by molar-refractivity contribution is 5.50. The number of nitriles is 1. The van der Waals surface area contributed by atoms with Crippen LogP contribution in [-0.4, -0.2) is 27.2 Å². The van der Waals surface area contributed by atoms with Crippen molar-refractivity contribution in [3.8, 4) is 6.07 Å². The van der Waals surface area contributed by atoms with E-state index in [2.05, 4.69) is 10.3 Å². The van der Waals surface area contributed by atoms with Gasteiger partial charge in [0.1, 0.15) is 11.9 Å². The second-order valence-corrected chi connectivity index (χ2v) is 4.22. The first-order valence-electron chi connectivity index (χ1n) is 5.97. The highest BCUT2D eigenvalue weighted by Crippen LogP contribution is 2.20. The second kappa shape index (κ2) is 6.11. The number of anilines is 1. The van der Waals surface area contributed by atoms with E-state index in [0.29, 0.717) is 18.7 Å². The van der Waals surface area contributed by atoms with E-state index < -0.39 is 10.5 Å². The van der Waals surface area contributed by atoms with E-state index in [1.54, 1.807) is 6.07 Å². The molecule has 19 heavy (non-hydrogen) atoms. The minimum absolute atomic E-state index is 0.244. The molecule has 1 aromatic rings. The highest BCUT2D eigenvalue weighted by Gasteiger charge is 2.22. The fraction of sp³-hybridized carbons (Fsp3) is 0.500. The summed E-state index contributed by atoms with van der Waals surface area (Å²) in [4.78, 5) is 13.9. The first kappa shape index (κ1) is 14.9. The molecule has 0 atom stereocenters. The monoisotopic (exact) mass is 264 g/mol. The molecule has 0 spiro atoms. The van der Waals surface area contributed by atoms with Crippen molar-refractivity contribution >= 4 is 11.5 Å². The molecule has 1 heterocycles. The predicted molar refractivity (Wildman–Crippen MR) is 69.6 cm³/mol. The van der Waals surface area contributed by atoms with E-state index in [4.69, 9.17) is 5.26 Å².